The Balaban J connectivity index is 1.46. The second-order valence-corrected chi connectivity index (χ2v) is 6.81. The molecule has 7 heteroatoms. The van der Waals surface area contributed by atoms with Crippen molar-refractivity contribution >= 4 is 0 Å². The minimum absolute atomic E-state index is 0.275. The first kappa shape index (κ1) is 16.9. The number of aromatic nitrogens is 4. The van der Waals surface area contributed by atoms with E-state index in [9.17, 15) is 0 Å². The van der Waals surface area contributed by atoms with Crippen molar-refractivity contribution in [2.24, 2.45) is 7.05 Å². The fraction of sp³-hybridized carbons (Fsp3) is 0.421. The van der Waals surface area contributed by atoms with Crippen molar-refractivity contribution in [2.45, 2.75) is 39.1 Å². The largest absolute Gasteiger partial charge is 0.375 e. The Bertz CT molecular complexity index is 858. The summed E-state index contributed by atoms with van der Waals surface area (Å²) >= 11 is 0. The van der Waals surface area contributed by atoms with E-state index in [0.717, 1.165) is 42.2 Å². The number of aryl methyl sites for hydroxylation is 2. The summed E-state index contributed by atoms with van der Waals surface area (Å²) in [7, 11) is 2.05. The molecule has 4 rings (SSSR count). The third kappa shape index (κ3) is 3.68. The summed E-state index contributed by atoms with van der Waals surface area (Å²) in [6.45, 7) is 4.69. The van der Waals surface area contributed by atoms with Gasteiger partial charge in [-0.05, 0) is 24.6 Å². The predicted molar refractivity (Wildman–Crippen MR) is 95.1 cm³/mol. The van der Waals surface area contributed by atoms with Crippen molar-refractivity contribution in [3.8, 4) is 0 Å². The average Bonchev–Trinajstić information content (AvgIpc) is 3.22. The van der Waals surface area contributed by atoms with Crippen LogP contribution in [0.2, 0.25) is 0 Å². The molecular weight excluding hydrogens is 330 g/mol. The molecule has 1 aliphatic heterocycles. The van der Waals surface area contributed by atoms with E-state index in [4.69, 9.17) is 9.26 Å². The Kier molecular flexibility index (Phi) is 4.81. The summed E-state index contributed by atoms with van der Waals surface area (Å²) in [4.78, 5) is 11.0. The third-order valence-electron chi connectivity index (χ3n) is 4.81. The first-order valence-electron chi connectivity index (χ1n) is 8.81. The first-order chi connectivity index (χ1) is 12.7. The monoisotopic (exact) mass is 353 g/mol. The fourth-order valence-corrected chi connectivity index (χ4v) is 3.41. The minimum atomic E-state index is 0.275. The summed E-state index contributed by atoms with van der Waals surface area (Å²) < 4.78 is 13.4. The minimum Gasteiger partial charge on any atom is -0.375 e. The molecule has 4 heterocycles. The lowest BCUT2D eigenvalue weighted by Crippen LogP contribution is -2.43. The molecule has 0 amide bonds. The molecule has 0 saturated carbocycles. The Morgan fingerprint density at radius 2 is 2.15 bits per heavy atom. The number of ether oxygens (including phenoxy) is 1. The highest BCUT2D eigenvalue weighted by Gasteiger charge is 2.29. The molecular formula is C19H23N5O2. The second kappa shape index (κ2) is 7.39. The van der Waals surface area contributed by atoms with E-state index in [-0.39, 0.29) is 6.04 Å². The maximum Gasteiger partial charge on any atom is 0.133 e. The van der Waals surface area contributed by atoms with Gasteiger partial charge in [0, 0.05) is 56.8 Å². The summed E-state index contributed by atoms with van der Waals surface area (Å²) in [6, 6.07) is 6.23. The predicted octanol–water partition coefficient (Wildman–Crippen LogP) is 2.26. The summed E-state index contributed by atoms with van der Waals surface area (Å²) in [5.74, 6) is 0.834. The number of imidazole rings is 1. The molecule has 0 bridgehead atoms. The number of nitrogens with zero attached hydrogens (tertiary/aromatic N) is 5. The lowest BCUT2D eigenvalue weighted by Gasteiger charge is -2.34. The molecule has 0 saturated heterocycles. The highest BCUT2D eigenvalue weighted by molar-refractivity contribution is 5.19. The van der Waals surface area contributed by atoms with Gasteiger partial charge < -0.3 is 13.8 Å². The number of hydrogen-bond acceptors (Lipinski definition) is 6. The van der Waals surface area contributed by atoms with E-state index < -0.39 is 0 Å². The van der Waals surface area contributed by atoms with Crippen LogP contribution in [0.5, 0.6) is 0 Å². The summed E-state index contributed by atoms with van der Waals surface area (Å²) in [6.07, 6.45) is 6.39. The third-order valence-corrected chi connectivity index (χ3v) is 4.81. The van der Waals surface area contributed by atoms with Crippen LogP contribution >= 0.6 is 0 Å². The van der Waals surface area contributed by atoms with Gasteiger partial charge in [0.25, 0.3) is 0 Å². The van der Waals surface area contributed by atoms with Crippen LogP contribution in [-0.2, 0) is 37.9 Å². The lowest BCUT2D eigenvalue weighted by molar-refractivity contribution is 0.0351. The molecule has 0 N–H and O–H groups in total. The molecule has 0 spiro atoms. The van der Waals surface area contributed by atoms with E-state index in [1.165, 1.54) is 5.69 Å². The molecule has 0 aromatic carbocycles. The molecule has 3 aromatic rings. The maximum absolute atomic E-state index is 6.02. The van der Waals surface area contributed by atoms with Gasteiger partial charge in [0.1, 0.15) is 5.76 Å². The van der Waals surface area contributed by atoms with Gasteiger partial charge in [-0.1, -0.05) is 5.16 Å². The summed E-state index contributed by atoms with van der Waals surface area (Å²) in [5, 5.41) is 4.14. The summed E-state index contributed by atoms with van der Waals surface area (Å²) in [5.41, 5.74) is 4.50. The molecule has 1 atom stereocenters. The molecule has 0 radical (unpaired) electrons. The Morgan fingerprint density at radius 1 is 1.31 bits per heavy atom. The SMILES string of the molecule is Cc1cc(CN2Cc3ncn(C)c3C[C@@H]2COCc2ccncc2)no1. The van der Waals surface area contributed by atoms with Crippen molar-refractivity contribution in [3.63, 3.8) is 0 Å². The Morgan fingerprint density at radius 3 is 2.92 bits per heavy atom. The molecule has 0 unspecified atom stereocenters. The number of fused-ring (bicyclic) bond motifs is 1. The number of pyridine rings is 1. The van der Waals surface area contributed by atoms with Gasteiger partial charge in [0.2, 0.25) is 0 Å². The normalized spacial score (nSPS) is 17.4. The standard InChI is InChI=1S/C19H23N5O2/c1-14-7-16(22-26-14)9-24-10-18-19(23(2)13-21-18)8-17(24)12-25-11-15-3-5-20-6-4-15/h3-7,13,17H,8-12H2,1-2H3/t17-/m1/s1. The average molecular weight is 353 g/mol. The van der Waals surface area contributed by atoms with Crippen LogP contribution in [0.25, 0.3) is 0 Å². The number of hydrogen-bond donors (Lipinski definition) is 0. The van der Waals surface area contributed by atoms with Crippen LogP contribution in [0.4, 0.5) is 0 Å². The second-order valence-electron chi connectivity index (χ2n) is 6.81. The van der Waals surface area contributed by atoms with Crippen LogP contribution < -0.4 is 0 Å². The van der Waals surface area contributed by atoms with Gasteiger partial charge in [-0.2, -0.15) is 0 Å². The zero-order valence-corrected chi connectivity index (χ0v) is 15.1. The van der Waals surface area contributed by atoms with Gasteiger partial charge in [-0.15, -0.1) is 0 Å². The number of rotatable bonds is 6. The fourth-order valence-electron chi connectivity index (χ4n) is 3.41. The zero-order valence-electron chi connectivity index (χ0n) is 15.1. The van der Waals surface area contributed by atoms with E-state index in [1.54, 1.807) is 12.4 Å². The van der Waals surface area contributed by atoms with Crippen LogP contribution in [0.3, 0.4) is 0 Å². The Hall–Kier alpha value is -2.51. The molecule has 7 nitrogen and oxygen atoms in total. The lowest BCUT2D eigenvalue weighted by atomic mass is 10.0. The quantitative estimate of drug-likeness (QED) is 0.677. The maximum atomic E-state index is 6.02. The smallest absolute Gasteiger partial charge is 0.133 e. The van der Waals surface area contributed by atoms with Crippen LogP contribution in [-0.4, -0.2) is 37.2 Å². The van der Waals surface area contributed by atoms with Crippen LogP contribution in [0, 0.1) is 6.92 Å². The van der Waals surface area contributed by atoms with Gasteiger partial charge in [0.15, 0.2) is 0 Å². The topological polar surface area (TPSA) is 69.2 Å². The van der Waals surface area contributed by atoms with Crippen LogP contribution in [0.1, 0.15) is 28.4 Å². The van der Waals surface area contributed by atoms with Gasteiger partial charge in [0.05, 0.1) is 30.9 Å². The molecule has 0 fully saturated rings. The highest BCUT2D eigenvalue weighted by Crippen LogP contribution is 2.24. The van der Waals surface area contributed by atoms with Gasteiger partial charge >= 0.3 is 0 Å². The van der Waals surface area contributed by atoms with E-state index in [2.05, 4.69) is 31.6 Å². The van der Waals surface area contributed by atoms with Crippen molar-refractivity contribution < 1.29 is 9.26 Å². The molecule has 1 aliphatic rings. The Labute approximate surface area is 152 Å². The van der Waals surface area contributed by atoms with Gasteiger partial charge in [-0.25, -0.2) is 4.98 Å². The van der Waals surface area contributed by atoms with E-state index >= 15 is 0 Å². The molecule has 26 heavy (non-hydrogen) atoms. The molecule has 136 valence electrons. The van der Waals surface area contributed by atoms with Gasteiger partial charge in [-0.3, -0.25) is 9.88 Å². The van der Waals surface area contributed by atoms with E-state index in [1.807, 2.05) is 31.5 Å². The van der Waals surface area contributed by atoms with Crippen molar-refractivity contribution in [1.82, 2.24) is 24.6 Å². The molecule has 3 aromatic heterocycles. The van der Waals surface area contributed by atoms with Crippen molar-refractivity contribution in [3.05, 3.63) is 65.3 Å². The van der Waals surface area contributed by atoms with E-state index in [0.29, 0.717) is 13.2 Å². The first-order valence-corrected chi connectivity index (χ1v) is 8.81. The van der Waals surface area contributed by atoms with Crippen molar-refractivity contribution in [1.29, 1.82) is 0 Å². The van der Waals surface area contributed by atoms with Crippen LogP contribution in [0.15, 0.2) is 41.4 Å². The zero-order chi connectivity index (χ0) is 17.9. The highest BCUT2D eigenvalue weighted by atomic mass is 16.5. The molecule has 0 aliphatic carbocycles. The van der Waals surface area contributed by atoms with Crippen molar-refractivity contribution in [2.75, 3.05) is 6.61 Å².